The van der Waals surface area contributed by atoms with Gasteiger partial charge in [-0.1, -0.05) is 32.4 Å². The molecule has 0 aromatic rings. The van der Waals surface area contributed by atoms with Crippen LogP contribution in [-0.2, 0) is 14.4 Å². The van der Waals surface area contributed by atoms with Crippen LogP contribution >= 0.6 is 0 Å². The van der Waals surface area contributed by atoms with Crippen molar-refractivity contribution in [2.24, 2.45) is 34.5 Å². The highest BCUT2D eigenvalue weighted by Crippen LogP contribution is 2.67. The second-order valence-electron chi connectivity index (χ2n) is 10.4. The maximum absolute atomic E-state index is 12.9. The molecule has 0 radical (unpaired) electrons. The summed E-state index contributed by atoms with van der Waals surface area (Å²) in [7, 11) is 0. The zero-order valence-electron chi connectivity index (χ0n) is 17.8. The average Bonchev–Trinajstić information content (AvgIpc) is 2.88. The number of fused-ring (bicyclic) bond motifs is 5. The van der Waals surface area contributed by atoms with Gasteiger partial charge in [-0.05, 0) is 62.5 Å². The fourth-order valence-electron chi connectivity index (χ4n) is 7.58. The maximum atomic E-state index is 12.9. The van der Waals surface area contributed by atoms with E-state index in [2.05, 4.69) is 13.8 Å². The third-order valence-corrected chi connectivity index (χ3v) is 8.84. The Labute approximate surface area is 172 Å². The molecule has 0 bridgehead atoms. The first kappa shape index (κ1) is 20.7. The first-order valence-corrected chi connectivity index (χ1v) is 10.8. The minimum atomic E-state index is -1.56. The van der Waals surface area contributed by atoms with Crippen LogP contribution in [0.15, 0.2) is 23.8 Å². The Hall–Kier alpha value is -1.59. The first-order chi connectivity index (χ1) is 13.4. The first-order valence-electron chi connectivity index (χ1n) is 10.8. The Morgan fingerprint density at radius 3 is 2.62 bits per heavy atom. The molecule has 5 heteroatoms. The number of allylic oxidation sites excluding steroid dienone is 4. The number of aliphatic hydroxyl groups is 2. The molecule has 4 aliphatic rings. The van der Waals surface area contributed by atoms with Gasteiger partial charge in [-0.3, -0.25) is 14.4 Å². The van der Waals surface area contributed by atoms with Crippen LogP contribution in [0.2, 0.25) is 0 Å². The number of hydrogen-bond donors (Lipinski definition) is 2. The van der Waals surface area contributed by atoms with Crippen LogP contribution in [-0.4, -0.2) is 39.3 Å². The molecule has 0 aromatic carbocycles. The van der Waals surface area contributed by atoms with Gasteiger partial charge in [0.2, 0.25) is 0 Å². The van der Waals surface area contributed by atoms with E-state index in [-0.39, 0.29) is 47.1 Å². The van der Waals surface area contributed by atoms with Gasteiger partial charge in [0, 0.05) is 16.7 Å². The molecule has 5 nitrogen and oxygen atoms in total. The Kier molecular flexibility index (Phi) is 4.60. The quantitative estimate of drug-likeness (QED) is 0.711. The fraction of sp³-hybridized carbons (Fsp3) is 0.708. The topological polar surface area (TPSA) is 91.7 Å². The third-order valence-electron chi connectivity index (χ3n) is 8.84. The van der Waals surface area contributed by atoms with Gasteiger partial charge in [0.25, 0.3) is 0 Å². The lowest BCUT2D eigenvalue weighted by Gasteiger charge is -2.60. The molecule has 0 aliphatic heterocycles. The van der Waals surface area contributed by atoms with Crippen LogP contribution in [0.4, 0.5) is 0 Å². The van der Waals surface area contributed by atoms with Gasteiger partial charge in [0.1, 0.15) is 11.4 Å². The molecule has 0 aromatic heterocycles. The number of aliphatic hydroxyl groups excluding tert-OH is 1. The molecule has 0 amide bonds. The van der Waals surface area contributed by atoms with Crippen LogP contribution in [0.25, 0.3) is 0 Å². The minimum absolute atomic E-state index is 0.00276. The van der Waals surface area contributed by atoms with Crippen molar-refractivity contribution < 1.29 is 24.6 Å². The van der Waals surface area contributed by atoms with Crippen molar-refractivity contribution >= 4 is 17.3 Å². The van der Waals surface area contributed by atoms with Gasteiger partial charge in [0.05, 0.1) is 12.5 Å². The molecule has 158 valence electrons. The van der Waals surface area contributed by atoms with E-state index in [1.54, 1.807) is 12.2 Å². The number of Topliss-reactive ketones (excluding diaryl/α,β-unsaturated/α-hetero) is 2. The largest absolute Gasteiger partial charge is 0.393 e. The lowest BCUT2D eigenvalue weighted by molar-refractivity contribution is -0.178. The zero-order valence-corrected chi connectivity index (χ0v) is 17.8. The number of hydrogen-bond acceptors (Lipinski definition) is 5. The normalized spacial score (nSPS) is 48.4. The molecule has 0 heterocycles. The van der Waals surface area contributed by atoms with Gasteiger partial charge in [-0.2, -0.15) is 0 Å². The van der Waals surface area contributed by atoms with Crippen LogP contribution in [0.1, 0.15) is 59.8 Å². The SMILES string of the molecule is CC(=O)CC(=O)[C@@]1(O)CC[C@H]2[C@@H]3C[C@H](C)C4=CC(=O)C=C[C@]4(C)[C@H]3[C@@H](O)C[C@@]21C. The molecule has 0 saturated heterocycles. The Balaban J connectivity index is 1.74. The summed E-state index contributed by atoms with van der Waals surface area (Å²) in [6.07, 6.45) is 6.60. The van der Waals surface area contributed by atoms with E-state index in [1.807, 2.05) is 13.0 Å². The Morgan fingerprint density at radius 1 is 1.28 bits per heavy atom. The Bertz CT molecular complexity index is 840. The third kappa shape index (κ3) is 2.70. The highest BCUT2D eigenvalue weighted by atomic mass is 16.3. The average molecular weight is 401 g/mol. The van der Waals surface area contributed by atoms with Crippen molar-refractivity contribution in [3.05, 3.63) is 23.8 Å². The van der Waals surface area contributed by atoms with Crippen LogP contribution in [0.5, 0.6) is 0 Å². The summed E-state index contributed by atoms with van der Waals surface area (Å²) in [4.78, 5) is 36.4. The van der Waals surface area contributed by atoms with E-state index < -0.39 is 22.9 Å². The van der Waals surface area contributed by atoms with Gasteiger partial charge >= 0.3 is 0 Å². The molecular weight excluding hydrogens is 368 g/mol. The summed E-state index contributed by atoms with van der Waals surface area (Å²) in [5.41, 5.74) is -1.60. The lowest BCUT2D eigenvalue weighted by atomic mass is 9.44. The predicted octanol–water partition coefficient (Wildman–Crippen LogP) is 2.79. The van der Waals surface area contributed by atoms with Gasteiger partial charge in [-0.25, -0.2) is 0 Å². The van der Waals surface area contributed by atoms with Gasteiger partial charge in [-0.15, -0.1) is 0 Å². The van der Waals surface area contributed by atoms with E-state index in [0.717, 1.165) is 18.4 Å². The number of carbonyl (C=O) groups excluding carboxylic acids is 3. The predicted molar refractivity (Wildman–Crippen MR) is 108 cm³/mol. The highest BCUT2D eigenvalue weighted by Gasteiger charge is 2.68. The minimum Gasteiger partial charge on any atom is -0.393 e. The van der Waals surface area contributed by atoms with Gasteiger partial charge in [0.15, 0.2) is 11.6 Å². The van der Waals surface area contributed by atoms with Crippen LogP contribution in [0, 0.1) is 34.5 Å². The number of rotatable bonds is 3. The van der Waals surface area contributed by atoms with E-state index in [9.17, 15) is 24.6 Å². The van der Waals surface area contributed by atoms with E-state index in [1.165, 1.54) is 6.92 Å². The number of carbonyl (C=O) groups is 3. The van der Waals surface area contributed by atoms with E-state index in [4.69, 9.17) is 0 Å². The molecule has 4 aliphatic carbocycles. The zero-order chi connectivity index (χ0) is 21.4. The molecule has 0 spiro atoms. The summed E-state index contributed by atoms with van der Waals surface area (Å²) in [6.45, 7) is 7.55. The van der Waals surface area contributed by atoms with Crippen molar-refractivity contribution in [3.8, 4) is 0 Å². The van der Waals surface area contributed by atoms with E-state index >= 15 is 0 Å². The van der Waals surface area contributed by atoms with Crippen LogP contribution in [0.3, 0.4) is 0 Å². The molecule has 0 unspecified atom stereocenters. The molecule has 3 fully saturated rings. The second-order valence-corrected chi connectivity index (χ2v) is 10.4. The summed E-state index contributed by atoms with van der Waals surface area (Å²) in [5.74, 6) is -0.233. The number of ketones is 3. The summed E-state index contributed by atoms with van der Waals surface area (Å²) >= 11 is 0. The van der Waals surface area contributed by atoms with Gasteiger partial charge < -0.3 is 10.2 Å². The summed E-state index contributed by atoms with van der Waals surface area (Å²) in [6, 6.07) is 0. The van der Waals surface area contributed by atoms with E-state index in [0.29, 0.717) is 12.8 Å². The molecular formula is C24H32O5. The molecule has 3 saturated carbocycles. The standard InChI is InChI=1S/C24H32O5/c1-13-9-16-17-6-8-24(29,20(28)10-14(2)25)23(17,4)12-19(27)21(16)22(3)7-5-15(26)11-18(13)22/h5,7,11,13,16-17,19,21,27,29H,6,8-10,12H2,1-4H3/t13-,16-,17-,19-,21+,22-,23-,24-/m0/s1. The van der Waals surface area contributed by atoms with Crippen molar-refractivity contribution in [1.29, 1.82) is 0 Å². The smallest absolute Gasteiger partial charge is 0.178 e. The highest BCUT2D eigenvalue weighted by molar-refractivity contribution is 6.03. The summed E-state index contributed by atoms with van der Waals surface area (Å²) in [5, 5.41) is 22.8. The van der Waals surface area contributed by atoms with Crippen LogP contribution < -0.4 is 0 Å². The van der Waals surface area contributed by atoms with Crippen molar-refractivity contribution in [2.45, 2.75) is 71.5 Å². The monoisotopic (exact) mass is 400 g/mol. The molecule has 2 N–H and O–H groups in total. The lowest BCUT2D eigenvalue weighted by Crippen LogP contribution is -2.62. The fourth-order valence-corrected chi connectivity index (χ4v) is 7.58. The second kappa shape index (κ2) is 6.45. The molecule has 4 rings (SSSR count). The Morgan fingerprint density at radius 2 is 1.97 bits per heavy atom. The molecule has 29 heavy (non-hydrogen) atoms. The van der Waals surface area contributed by atoms with Crippen molar-refractivity contribution in [2.75, 3.05) is 0 Å². The maximum Gasteiger partial charge on any atom is 0.178 e. The van der Waals surface area contributed by atoms with Crippen molar-refractivity contribution in [3.63, 3.8) is 0 Å². The van der Waals surface area contributed by atoms with Crippen molar-refractivity contribution in [1.82, 2.24) is 0 Å². The molecule has 8 atom stereocenters. The summed E-state index contributed by atoms with van der Waals surface area (Å²) < 4.78 is 0.